The summed E-state index contributed by atoms with van der Waals surface area (Å²) in [5.74, 6) is 2.44. The van der Waals surface area contributed by atoms with Gasteiger partial charge in [-0.15, -0.1) is 11.3 Å². The number of fused-ring (bicyclic) bond motifs is 1. The lowest BCUT2D eigenvalue weighted by Gasteiger charge is -2.35. The summed E-state index contributed by atoms with van der Waals surface area (Å²) in [4.78, 5) is 19.3. The average molecular weight is 407 g/mol. The zero-order valence-corrected chi connectivity index (χ0v) is 16.9. The van der Waals surface area contributed by atoms with E-state index in [1.54, 1.807) is 17.7 Å². The summed E-state index contributed by atoms with van der Waals surface area (Å²) in [5, 5.41) is 7.34. The second-order valence-corrected chi connectivity index (χ2v) is 8.04. The highest BCUT2D eigenvalue weighted by atomic mass is 32.1. The maximum atomic E-state index is 5.42. The molecule has 0 atom stereocenters. The number of nitrogens with zero attached hydrogens (tertiary/aromatic N) is 6. The molecule has 3 aromatic heterocycles. The molecule has 7 nitrogen and oxygen atoms in total. The minimum absolute atomic E-state index is 0.666. The number of aromatic nitrogens is 4. The number of rotatable bonds is 6. The molecule has 4 heterocycles. The lowest BCUT2D eigenvalue weighted by atomic mass is 10.2. The second kappa shape index (κ2) is 8.26. The molecule has 1 aromatic carbocycles. The third-order valence-electron chi connectivity index (χ3n) is 5.28. The first-order valence-corrected chi connectivity index (χ1v) is 10.8. The monoisotopic (exact) mass is 406 g/mol. The van der Waals surface area contributed by atoms with Crippen molar-refractivity contribution in [2.24, 2.45) is 0 Å². The normalized spacial score (nSPS) is 15.2. The lowest BCUT2D eigenvalue weighted by Crippen LogP contribution is -2.47. The summed E-state index contributed by atoms with van der Waals surface area (Å²) in [6.45, 7) is 5.08. The molecule has 1 saturated heterocycles. The van der Waals surface area contributed by atoms with Gasteiger partial charge in [0.2, 0.25) is 11.7 Å². The maximum Gasteiger partial charge on any atom is 0.227 e. The third kappa shape index (κ3) is 3.99. The molecule has 0 spiro atoms. The minimum Gasteiger partial charge on any atom is -0.353 e. The molecule has 0 radical (unpaired) electrons. The predicted octanol–water partition coefficient (Wildman–Crippen LogP) is 3.50. The van der Waals surface area contributed by atoms with Crippen LogP contribution in [0.2, 0.25) is 0 Å². The van der Waals surface area contributed by atoms with E-state index in [-0.39, 0.29) is 0 Å². The van der Waals surface area contributed by atoms with E-state index in [9.17, 15) is 0 Å². The van der Waals surface area contributed by atoms with E-state index in [1.165, 1.54) is 0 Å². The molecule has 0 unspecified atom stereocenters. The first kappa shape index (κ1) is 18.2. The van der Waals surface area contributed by atoms with E-state index >= 15 is 0 Å². The van der Waals surface area contributed by atoms with Gasteiger partial charge in [0.25, 0.3) is 0 Å². The van der Waals surface area contributed by atoms with Gasteiger partial charge in [-0.3, -0.25) is 4.90 Å². The first-order valence-electron chi connectivity index (χ1n) is 9.90. The zero-order chi connectivity index (χ0) is 19.5. The topological polar surface area (TPSA) is 71.2 Å². The van der Waals surface area contributed by atoms with Crippen molar-refractivity contribution in [3.8, 4) is 11.4 Å². The molecule has 1 aliphatic heterocycles. The van der Waals surface area contributed by atoms with Gasteiger partial charge in [0.15, 0.2) is 0 Å². The van der Waals surface area contributed by atoms with Crippen LogP contribution in [0, 0.1) is 0 Å². The first-order chi connectivity index (χ1) is 14.4. The Labute approximate surface area is 173 Å². The van der Waals surface area contributed by atoms with Crippen LogP contribution >= 0.6 is 11.3 Å². The van der Waals surface area contributed by atoms with E-state index in [0.717, 1.165) is 67.2 Å². The molecule has 29 heavy (non-hydrogen) atoms. The Bertz CT molecular complexity index is 1070. The second-order valence-electron chi connectivity index (χ2n) is 7.15. The number of piperazine rings is 1. The van der Waals surface area contributed by atoms with Crippen LogP contribution in [0.1, 0.15) is 12.3 Å². The van der Waals surface area contributed by atoms with Gasteiger partial charge in [0.1, 0.15) is 17.0 Å². The van der Waals surface area contributed by atoms with Crippen LogP contribution in [0.25, 0.3) is 21.6 Å². The summed E-state index contributed by atoms with van der Waals surface area (Å²) < 4.78 is 5.42. The van der Waals surface area contributed by atoms with E-state index in [4.69, 9.17) is 4.52 Å². The molecule has 0 saturated carbocycles. The highest BCUT2D eigenvalue weighted by Gasteiger charge is 2.20. The summed E-state index contributed by atoms with van der Waals surface area (Å²) in [7, 11) is 0. The van der Waals surface area contributed by atoms with E-state index in [2.05, 4.69) is 41.4 Å². The van der Waals surface area contributed by atoms with Crippen LogP contribution in [0.15, 0.2) is 52.6 Å². The van der Waals surface area contributed by atoms with Gasteiger partial charge >= 0.3 is 0 Å². The van der Waals surface area contributed by atoms with E-state index < -0.39 is 0 Å². The molecule has 4 aromatic rings. The fourth-order valence-electron chi connectivity index (χ4n) is 3.73. The Balaban J connectivity index is 1.11. The lowest BCUT2D eigenvalue weighted by molar-refractivity contribution is 0.250. The number of hydrogen-bond donors (Lipinski definition) is 0. The van der Waals surface area contributed by atoms with Crippen LogP contribution in [0.3, 0.4) is 0 Å². The summed E-state index contributed by atoms with van der Waals surface area (Å²) in [6, 6.07) is 12.1. The molecule has 148 valence electrons. The summed E-state index contributed by atoms with van der Waals surface area (Å²) >= 11 is 1.67. The van der Waals surface area contributed by atoms with Gasteiger partial charge in [0, 0.05) is 38.2 Å². The Morgan fingerprint density at radius 3 is 2.72 bits per heavy atom. The smallest absolute Gasteiger partial charge is 0.227 e. The molecule has 5 rings (SSSR count). The largest absolute Gasteiger partial charge is 0.353 e. The molecule has 0 N–H and O–H groups in total. The molecule has 8 heteroatoms. The van der Waals surface area contributed by atoms with Gasteiger partial charge in [-0.25, -0.2) is 9.97 Å². The Morgan fingerprint density at radius 2 is 1.86 bits per heavy atom. The van der Waals surface area contributed by atoms with E-state index in [1.807, 2.05) is 30.3 Å². The van der Waals surface area contributed by atoms with Crippen molar-refractivity contribution < 1.29 is 4.52 Å². The molecule has 1 fully saturated rings. The van der Waals surface area contributed by atoms with Crippen LogP contribution < -0.4 is 4.90 Å². The quantitative estimate of drug-likeness (QED) is 0.485. The third-order valence-corrected chi connectivity index (χ3v) is 6.10. The number of aryl methyl sites for hydroxylation is 1. The van der Waals surface area contributed by atoms with Gasteiger partial charge in [-0.1, -0.05) is 35.5 Å². The SMILES string of the molecule is c1ccc(-c2noc(CCCN3CCN(c4ncnc5sccc45)CC3)n2)cc1. The molecule has 0 bridgehead atoms. The predicted molar refractivity (Wildman–Crippen MR) is 114 cm³/mol. The molecular formula is C21H22N6OS. The number of thiophene rings is 1. The van der Waals surface area contributed by atoms with Crippen LogP contribution in [0.5, 0.6) is 0 Å². The highest BCUT2D eigenvalue weighted by molar-refractivity contribution is 7.16. The molecular weight excluding hydrogens is 384 g/mol. The van der Waals surface area contributed by atoms with E-state index in [0.29, 0.717) is 11.7 Å². The van der Waals surface area contributed by atoms with Crippen LogP contribution in [-0.4, -0.2) is 57.7 Å². The van der Waals surface area contributed by atoms with Crippen LogP contribution in [-0.2, 0) is 6.42 Å². The number of hydrogen-bond acceptors (Lipinski definition) is 8. The van der Waals surface area contributed by atoms with Crippen molar-refractivity contribution in [1.29, 1.82) is 0 Å². The fourth-order valence-corrected chi connectivity index (χ4v) is 4.45. The van der Waals surface area contributed by atoms with Gasteiger partial charge in [0.05, 0.1) is 5.39 Å². The molecule has 1 aliphatic rings. The highest BCUT2D eigenvalue weighted by Crippen LogP contribution is 2.27. The number of anilines is 1. The van der Waals surface area contributed by atoms with Crippen molar-refractivity contribution in [2.75, 3.05) is 37.6 Å². The zero-order valence-electron chi connectivity index (χ0n) is 16.1. The molecule has 0 amide bonds. The van der Waals surface area contributed by atoms with Gasteiger partial charge < -0.3 is 9.42 Å². The van der Waals surface area contributed by atoms with Gasteiger partial charge in [-0.2, -0.15) is 4.98 Å². The van der Waals surface area contributed by atoms with Crippen molar-refractivity contribution in [3.63, 3.8) is 0 Å². The summed E-state index contributed by atoms with van der Waals surface area (Å²) in [5.41, 5.74) is 0.989. The Morgan fingerprint density at radius 1 is 1.00 bits per heavy atom. The Hall–Kier alpha value is -2.84. The van der Waals surface area contributed by atoms with Crippen molar-refractivity contribution in [3.05, 3.63) is 54.0 Å². The fraction of sp³-hybridized carbons (Fsp3) is 0.333. The van der Waals surface area contributed by atoms with Crippen LogP contribution in [0.4, 0.5) is 5.82 Å². The standard InChI is InChI=1S/C21H22N6OS/c1-2-5-16(6-3-1)19-24-18(28-25-19)7-4-9-26-10-12-27(13-11-26)20-17-8-14-29-21(17)23-15-22-20/h1-3,5-6,8,14-15H,4,7,9-13H2. The van der Waals surface area contributed by atoms with Crippen molar-refractivity contribution in [1.82, 2.24) is 25.0 Å². The van der Waals surface area contributed by atoms with Gasteiger partial charge in [-0.05, 0) is 24.4 Å². The summed E-state index contributed by atoms with van der Waals surface area (Å²) in [6.07, 6.45) is 3.49. The number of benzene rings is 1. The van der Waals surface area contributed by atoms with Crippen molar-refractivity contribution >= 4 is 27.4 Å². The maximum absolute atomic E-state index is 5.42. The minimum atomic E-state index is 0.666. The average Bonchev–Trinajstić information content (AvgIpc) is 3.44. The Kier molecular flexibility index (Phi) is 5.19. The molecule has 0 aliphatic carbocycles. The van der Waals surface area contributed by atoms with Crippen molar-refractivity contribution in [2.45, 2.75) is 12.8 Å².